The number of rotatable bonds is 5. The maximum absolute atomic E-state index is 5.28. The van der Waals surface area contributed by atoms with Gasteiger partial charge in [0.05, 0.1) is 23.4 Å². The Hall–Kier alpha value is -0.910. The first-order chi connectivity index (χ1) is 9.52. The fourth-order valence-corrected chi connectivity index (χ4v) is 3.63. The lowest BCUT2D eigenvalue weighted by Crippen LogP contribution is -2.10. The van der Waals surface area contributed by atoms with Crippen LogP contribution in [-0.4, -0.2) is 12.1 Å². The fourth-order valence-electron chi connectivity index (χ4n) is 2.23. The van der Waals surface area contributed by atoms with E-state index < -0.39 is 0 Å². The maximum atomic E-state index is 5.28. The molecule has 0 aliphatic carbocycles. The van der Waals surface area contributed by atoms with Gasteiger partial charge in [-0.3, -0.25) is 0 Å². The van der Waals surface area contributed by atoms with Crippen molar-refractivity contribution < 1.29 is 4.74 Å². The summed E-state index contributed by atoms with van der Waals surface area (Å²) in [6.07, 6.45) is 0. The van der Waals surface area contributed by atoms with Crippen LogP contribution < -0.4 is 5.32 Å². The zero-order valence-electron chi connectivity index (χ0n) is 12.2. The molecule has 0 bridgehead atoms. The van der Waals surface area contributed by atoms with Gasteiger partial charge in [-0.25, -0.2) is 4.98 Å². The smallest absolute Gasteiger partial charge is 0.0901 e. The monoisotopic (exact) mass is 354 g/mol. The lowest BCUT2D eigenvalue weighted by molar-refractivity contribution is 0.185. The topological polar surface area (TPSA) is 34.1 Å². The van der Waals surface area contributed by atoms with Crippen LogP contribution in [0.15, 0.2) is 22.7 Å². The Bertz CT molecular complexity index is 598. The van der Waals surface area contributed by atoms with Crippen molar-refractivity contribution in [3.05, 3.63) is 43.8 Å². The van der Waals surface area contributed by atoms with E-state index in [4.69, 9.17) is 4.74 Å². The van der Waals surface area contributed by atoms with E-state index in [0.29, 0.717) is 6.61 Å². The van der Waals surface area contributed by atoms with E-state index >= 15 is 0 Å². The van der Waals surface area contributed by atoms with E-state index in [-0.39, 0.29) is 6.04 Å². The first-order valence-electron chi connectivity index (χ1n) is 6.49. The third kappa shape index (κ3) is 3.40. The van der Waals surface area contributed by atoms with Crippen molar-refractivity contribution in [3.63, 3.8) is 0 Å². The van der Waals surface area contributed by atoms with Crippen LogP contribution in [0, 0.1) is 13.8 Å². The minimum absolute atomic E-state index is 0.171. The molecule has 0 radical (unpaired) electrons. The van der Waals surface area contributed by atoms with Gasteiger partial charge in [0.15, 0.2) is 0 Å². The molecular weight excluding hydrogens is 336 g/mol. The Morgan fingerprint density at radius 2 is 2.15 bits per heavy atom. The van der Waals surface area contributed by atoms with Crippen LogP contribution >= 0.6 is 27.3 Å². The molecule has 0 aliphatic heterocycles. The summed E-state index contributed by atoms with van der Waals surface area (Å²) in [6, 6.07) is 6.30. The van der Waals surface area contributed by atoms with Crippen LogP contribution in [0.25, 0.3) is 0 Å². The molecular formula is C15H19BrN2OS. The number of thiazole rings is 1. The number of nitrogens with zero attached hydrogens (tertiary/aromatic N) is 1. The van der Waals surface area contributed by atoms with Crippen molar-refractivity contribution in [3.8, 4) is 0 Å². The summed E-state index contributed by atoms with van der Waals surface area (Å²) in [4.78, 5) is 5.89. The Kier molecular flexibility index (Phi) is 5.18. The average molecular weight is 355 g/mol. The van der Waals surface area contributed by atoms with Gasteiger partial charge in [0.1, 0.15) is 0 Å². The second-order valence-electron chi connectivity index (χ2n) is 4.74. The van der Waals surface area contributed by atoms with E-state index in [2.05, 4.69) is 46.1 Å². The van der Waals surface area contributed by atoms with Gasteiger partial charge in [-0.15, -0.1) is 11.3 Å². The number of anilines is 1. The number of halogens is 1. The molecule has 2 aromatic rings. The SMILES string of the molecule is COCc1c(Br)cccc1NC(C)c1nc(C)sc1C. The molecule has 2 rings (SSSR count). The van der Waals surface area contributed by atoms with Gasteiger partial charge in [-0.1, -0.05) is 22.0 Å². The molecule has 20 heavy (non-hydrogen) atoms. The Morgan fingerprint density at radius 1 is 1.40 bits per heavy atom. The summed E-state index contributed by atoms with van der Waals surface area (Å²) in [7, 11) is 1.71. The predicted molar refractivity (Wildman–Crippen MR) is 88.5 cm³/mol. The largest absolute Gasteiger partial charge is 0.380 e. The van der Waals surface area contributed by atoms with Gasteiger partial charge in [-0.2, -0.15) is 0 Å². The quantitative estimate of drug-likeness (QED) is 0.833. The number of aryl methyl sites for hydroxylation is 2. The van der Waals surface area contributed by atoms with Crippen molar-refractivity contribution in [1.29, 1.82) is 0 Å². The molecule has 1 heterocycles. The van der Waals surface area contributed by atoms with Crippen LogP contribution in [-0.2, 0) is 11.3 Å². The van der Waals surface area contributed by atoms with Crippen molar-refractivity contribution in [2.45, 2.75) is 33.4 Å². The fraction of sp³-hybridized carbons (Fsp3) is 0.400. The number of hydrogen-bond donors (Lipinski definition) is 1. The number of aromatic nitrogens is 1. The molecule has 1 unspecified atom stereocenters. The summed E-state index contributed by atoms with van der Waals surface area (Å²) in [6.45, 7) is 6.88. The van der Waals surface area contributed by atoms with Gasteiger partial charge in [0.2, 0.25) is 0 Å². The average Bonchev–Trinajstić information content (AvgIpc) is 2.73. The summed E-state index contributed by atoms with van der Waals surface area (Å²) in [5.74, 6) is 0. The van der Waals surface area contributed by atoms with Crippen LogP contribution in [0.5, 0.6) is 0 Å². The first kappa shape index (κ1) is 15.5. The number of methoxy groups -OCH3 is 1. The highest BCUT2D eigenvalue weighted by Crippen LogP contribution is 2.30. The third-order valence-electron chi connectivity index (χ3n) is 3.13. The minimum Gasteiger partial charge on any atom is -0.380 e. The normalized spacial score (nSPS) is 12.4. The second kappa shape index (κ2) is 6.70. The number of ether oxygens (including phenoxy) is 1. The molecule has 1 aromatic carbocycles. The second-order valence-corrected chi connectivity index (χ2v) is 7.00. The highest BCUT2D eigenvalue weighted by molar-refractivity contribution is 9.10. The zero-order valence-corrected chi connectivity index (χ0v) is 14.6. The Labute approximate surface area is 132 Å². The van der Waals surface area contributed by atoms with E-state index in [0.717, 1.165) is 26.4 Å². The molecule has 108 valence electrons. The third-order valence-corrected chi connectivity index (χ3v) is 4.77. The zero-order chi connectivity index (χ0) is 14.7. The molecule has 0 spiro atoms. The van der Waals surface area contributed by atoms with Gasteiger partial charge in [-0.05, 0) is 32.9 Å². The minimum atomic E-state index is 0.171. The number of nitrogens with one attached hydrogen (secondary N) is 1. The number of hydrogen-bond acceptors (Lipinski definition) is 4. The summed E-state index contributed by atoms with van der Waals surface area (Å²) >= 11 is 5.32. The van der Waals surface area contributed by atoms with Crippen molar-refractivity contribution in [2.75, 3.05) is 12.4 Å². The van der Waals surface area contributed by atoms with Crippen molar-refractivity contribution in [2.24, 2.45) is 0 Å². The molecule has 0 saturated carbocycles. The van der Waals surface area contributed by atoms with Crippen LogP contribution in [0.2, 0.25) is 0 Å². The molecule has 3 nitrogen and oxygen atoms in total. The number of benzene rings is 1. The van der Waals surface area contributed by atoms with Crippen molar-refractivity contribution in [1.82, 2.24) is 4.98 Å². The summed E-state index contributed by atoms with van der Waals surface area (Å²) in [5.41, 5.74) is 3.33. The summed E-state index contributed by atoms with van der Waals surface area (Å²) in [5, 5.41) is 4.65. The Morgan fingerprint density at radius 3 is 2.75 bits per heavy atom. The van der Waals surface area contributed by atoms with E-state index in [1.165, 1.54) is 4.88 Å². The van der Waals surface area contributed by atoms with Gasteiger partial charge in [0.25, 0.3) is 0 Å². The standard InChI is InChI=1S/C15H19BrN2OS/c1-9(15-10(2)20-11(3)18-15)17-14-7-5-6-13(16)12(14)8-19-4/h5-7,9,17H,8H2,1-4H3. The Balaban J connectivity index is 2.25. The maximum Gasteiger partial charge on any atom is 0.0901 e. The molecule has 0 amide bonds. The first-order valence-corrected chi connectivity index (χ1v) is 8.10. The van der Waals surface area contributed by atoms with Gasteiger partial charge >= 0.3 is 0 Å². The molecule has 0 saturated heterocycles. The van der Waals surface area contributed by atoms with Gasteiger partial charge in [0, 0.05) is 27.7 Å². The molecule has 0 aliphatic rings. The lowest BCUT2D eigenvalue weighted by Gasteiger charge is -2.18. The predicted octanol–water partition coefficient (Wildman–Crippen LogP) is 4.84. The van der Waals surface area contributed by atoms with Crippen LogP contribution in [0.3, 0.4) is 0 Å². The van der Waals surface area contributed by atoms with E-state index in [1.807, 2.05) is 19.1 Å². The van der Waals surface area contributed by atoms with Crippen LogP contribution in [0.4, 0.5) is 5.69 Å². The van der Waals surface area contributed by atoms with Crippen LogP contribution in [0.1, 0.15) is 34.1 Å². The van der Waals surface area contributed by atoms with E-state index in [1.54, 1.807) is 18.4 Å². The van der Waals surface area contributed by atoms with Crippen molar-refractivity contribution >= 4 is 33.0 Å². The molecule has 1 aromatic heterocycles. The summed E-state index contributed by atoms with van der Waals surface area (Å²) < 4.78 is 6.34. The molecule has 1 N–H and O–H groups in total. The lowest BCUT2D eigenvalue weighted by atomic mass is 10.1. The highest BCUT2D eigenvalue weighted by Gasteiger charge is 2.15. The van der Waals surface area contributed by atoms with E-state index in [9.17, 15) is 0 Å². The molecule has 0 fully saturated rings. The molecule has 1 atom stereocenters. The van der Waals surface area contributed by atoms with Gasteiger partial charge < -0.3 is 10.1 Å². The highest BCUT2D eigenvalue weighted by atomic mass is 79.9. The molecule has 5 heteroatoms.